The molecule has 0 aliphatic carbocycles. The fourth-order valence-corrected chi connectivity index (χ4v) is 1.75. The third kappa shape index (κ3) is 3.19. The molecule has 21 heavy (non-hydrogen) atoms. The van der Waals surface area contributed by atoms with E-state index in [0.717, 1.165) is 6.07 Å². The molecule has 0 aliphatic rings. The van der Waals surface area contributed by atoms with Crippen LogP contribution in [0.25, 0.3) is 10.9 Å². The molecule has 1 aromatic carbocycles. The van der Waals surface area contributed by atoms with Gasteiger partial charge < -0.3 is 4.84 Å². The molecule has 0 fully saturated rings. The number of rotatable bonds is 5. The van der Waals surface area contributed by atoms with Crippen LogP contribution in [0.2, 0.25) is 0 Å². The highest BCUT2D eigenvalue weighted by Gasteiger charge is 2.11. The number of hydrogen-bond donors (Lipinski definition) is 2. The zero-order valence-corrected chi connectivity index (χ0v) is 10.7. The van der Waals surface area contributed by atoms with Gasteiger partial charge in [-0.2, -0.15) is 0 Å². The number of aromatic nitrogens is 2. The van der Waals surface area contributed by atoms with Crippen LogP contribution in [0, 0.1) is 10.1 Å². The quantitative estimate of drug-likeness (QED) is 0.431. The number of hydrazine groups is 1. The molecular formula is C11H11N5O5. The van der Waals surface area contributed by atoms with Crippen LogP contribution in [0.3, 0.4) is 0 Å². The fourth-order valence-electron chi connectivity index (χ4n) is 1.75. The topological polar surface area (TPSA) is 142 Å². The highest BCUT2D eigenvalue weighted by Crippen LogP contribution is 2.16. The Bertz CT molecular complexity index is 756. The number of nitrogens with zero attached hydrogens (tertiary/aromatic N) is 3. The Morgan fingerprint density at radius 2 is 2.29 bits per heavy atom. The molecule has 0 radical (unpaired) electrons. The van der Waals surface area contributed by atoms with Gasteiger partial charge in [0.05, 0.1) is 28.6 Å². The van der Waals surface area contributed by atoms with Gasteiger partial charge in [-0.25, -0.2) is 10.8 Å². The number of carbonyl (C=O) groups excluding carboxylic acids is 1. The van der Waals surface area contributed by atoms with Gasteiger partial charge in [-0.3, -0.25) is 24.3 Å². The predicted octanol–water partition coefficient (Wildman–Crippen LogP) is -0.384. The van der Waals surface area contributed by atoms with Crippen LogP contribution in [-0.2, 0) is 16.2 Å². The molecule has 0 amide bonds. The lowest BCUT2D eigenvalue weighted by molar-refractivity contribution is -0.384. The molecule has 3 N–H and O–H groups in total. The third-order valence-electron chi connectivity index (χ3n) is 2.75. The molecule has 0 saturated heterocycles. The van der Waals surface area contributed by atoms with E-state index in [1.165, 1.54) is 23.0 Å². The van der Waals surface area contributed by atoms with Crippen molar-refractivity contribution in [3.8, 4) is 0 Å². The number of nitrogens with two attached hydrogens (primary N) is 1. The summed E-state index contributed by atoms with van der Waals surface area (Å²) in [5.74, 6) is 4.16. The number of nitrogens with one attached hydrogen (secondary N) is 1. The molecule has 2 aromatic rings. The lowest BCUT2D eigenvalue weighted by Crippen LogP contribution is -2.28. The van der Waals surface area contributed by atoms with Gasteiger partial charge in [0.15, 0.2) is 0 Å². The molecular weight excluding hydrogens is 282 g/mol. The van der Waals surface area contributed by atoms with Gasteiger partial charge in [0.25, 0.3) is 11.2 Å². The number of nitro groups is 1. The van der Waals surface area contributed by atoms with Crippen LogP contribution in [0.5, 0.6) is 0 Å². The van der Waals surface area contributed by atoms with Gasteiger partial charge >= 0.3 is 5.97 Å². The summed E-state index contributed by atoms with van der Waals surface area (Å²) in [5, 5.41) is 10.8. The molecule has 0 unspecified atom stereocenters. The molecule has 0 aliphatic heterocycles. The van der Waals surface area contributed by atoms with Crippen LogP contribution in [-0.4, -0.2) is 20.4 Å². The summed E-state index contributed by atoms with van der Waals surface area (Å²) in [4.78, 5) is 41.8. The number of nitro benzene ring substituents is 1. The van der Waals surface area contributed by atoms with E-state index in [2.05, 4.69) is 9.82 Å². The maximum absolute atomic E-state index is 12.2. The maximum atomic E-state index is 12.2. The van der Waals surface area contributed by atoms with E-state index in [9.17, 15) is 19.7 Å². The highest BCUT2D eigenvalue weighted by atomic mass is 16.7. The van der Waals surface area contributed by atoms with Crippen LogP contribution in [0.15, 0.2) is 29.3 Å². The summed E-state index contributed by atoms with van der Waals surface area (Å²) >= 11 is 0. The minimum Gasteiger partial charge on any atom is -0.356 e. The number of benzene rings is 1. The van der Waals surface area contributed by atoms with Gasteiger partial charge in [0.1, 0.15) is 0 Å². The molecule has 1 aromatic heterocycles. The fraction of sp³-hybridized carbons (Fsp3) is 0.182. The zero-order chi connectivity index (χ0) is 15.4. The number of non-ortho nitro benzene ring substituents is 1. The zero-order valence-electron chi connectivity index (χ0n) is 10.7. The summed E-state index contributed by atoms with van der Waals surface area (Å²) in [7, 11) is 0. The molecule has 0 spiro atoms. The molecule has 2 rings (SSSR count). The van der Waals surface area contributed by atoms with Crippen molar-refractivity contribution in [3.05, 3.63) is 45.0 Å². The van der Waals surface area contributed by atoms with E-state index in [1.54, 1.807) is 5.59 Å². The van der Waals surface area contributed by atoms with E-state index in [1.807, 2.05) is 0 Å². The van der Waals surface area contributed by atoms with Gasteiger partial charge in [-0.1, -0.05) is 5.59 Å². The van der Waals surface area contributed by atoms with Gasteiger partial charge in [0.2, 0.25) is 0 Å². The summed E-state index contributed by atoms with van der Waals surface area (Å²) in [6.07, 6.45) is 1.16. The normalized spacial score (nSPS) is 10.5. The number of fused-ring (bicyclic) bond motifs is 1. The first-order chi connectivity index (χ1) is 10.0. The van der Waals surface area contributed by atoms with E-state index in [-0.39, 0.29) is 24.0 Å². The Kier molecular flexibility index (Phi) is 4.21. The molecule has 10 heteroatoms. The molecule has 0 atom stereocenters. The lowest BCUT2D eigenvalue weighted by atomic mass is 10.2. The van der Waals surface area contributed by atoms with Crippen LogP contribution in [0.4, 0.5) is 5.69 Å². The number of hydrogen-bond acceptors (Lipinski definition) is 8. The lowest BCUT2D eigenvalue weighted by Gasteiger charge is -2.06. The van der Waals surface area contributed by atoms with Crippen molar-refractivity contribution in [1.82, 2.24) is 15.1 Å². The minimum atomic E-state index is -0.650. The Balaban J connectivity index is 2.34. The predicted molar refractivity (Wildman–Crippen MR) is 70.7 cm³/mol. The molecule has 0 bridgehead atoms. The second-order valence-corrected chi connectivity index (χ2v) is 4.04. The van der Waals surface area contributed by atoms with Crippen molar-refractivity contribution in [3.63, 3.8) is 0 Å². The van der Waals surface area contributed by atoms with Crippen LogP contribution >= 0.6 is 0 Å². The van der Waals surface area contributed by atoms with Crippen molar-refractivity contribution in [2.45, 2.75) is 13.0 Å². The highest BCUT2D eigenvalue weighted by molar-refractivity contribution is 5.79. The monoisotopic (exact) mass is 293 g/mol. The third-order valence-corrected chi connectivity index (χ3v) is 2.75. The van der Waals surface area contributed by atoms with E-state index < -0.39 is 16.5 Å². The van der Waals surface area contributed by atoms with E-state index >= 15 is 0 Å². The standard InChI is InChI=1S/C11H11N5O5/c12-14-21-10(17)3-4-15-6-13-9-2-1-7(16(19)20)5-8(9)11(15)18/h1-2,5-6,14H,3-4,12H2. The van der Waals surface area contributed by atoms with Crippen molar-refractivity contribution in [2.24, 2.45) is 5.84 Å². The van der Waals surface area contributed by atoms with E-state index in [0.29, 0.717) is 5.52 Å². The molecule has 110 valence electrons. The summed E-state index contributed by atoms with van der Waals surface area (Å²) < 4.78 is 1.17. The molecule has 10 nitrogen and oxygen atoms in total. The molecule has 1 heterocycles. The van der Waals surface area contributed by atoms with Crippen molar-refractivity contribution in [2.75, 3.05) is 0 Å². The Labute approximate surface area is 117 Å². The van der Waals surface area contributed by atoms with Crippen LogP contribution in [0.1, 0.15) is 6.42 Å². The summed E-state index contributed by atoms with van der Waals surface area (Å²) in [6.45, 7) is 0.0188. The van der Waals surface area contributed by atoms with Gasteiger partial charge in [-0.05, 0) is 6.07 Å². The Hall–Kier alpha value is -2.85. The Morgan fingerprint density at radius 1 is 1.52 bits per heavy atom. The average molecular weight is 293 g/mol. The number of carbonyl (C=O) groups is 1. The minimum absolute atomic E-state index is 0.0188. The first kappa shape index (κ1) is 14.6. The number of aryl methyl sites for hydroxylation is 1. The largest absolute Gasteiger partial charge is 0.356 e. The maximum Gasteiger partial charge on any atom is 0.328 e. The smallest absolute Gasteiger partial charge is 0.328 e. The van der Waals surface area contributed by atoms with Crippen molar-refractivity contribution in [1.29, 1.82) is 0 Å². The van der Waals surface area contributed by atoms with E-state index in [4.69, 9.17) is 5.84 Å². The van der Waals surface area contributed by atoms with Crippen molar-refractivity contribution < 1.29 is 14.6 Å². The van der Waals surface area contributed by atoms with Crippen molar-refractivity contribution >= 4 is 22.6 Å². The van der Waals surface area contributed by atoms with Crippen LogP contribution < -0.4 is 17.0 Å². The summed E-state index contributed by atoms with van der Waals surface area (Å²) in [5.41, 5.74) is 1.40. The average Bonchev–Trinajstić information content (AvgIpc) is 2.46. The first-order valence-electron chi connectivity index (χ1n) is 5.82. The first-order valence-corrected chi connectivity index (χ1v) is 5.82. The SMILES string of the molecule is NNOC(=O)CCn1cnc2ccc([N+](=O)[O-])cc2c1=O. The Morgan fingerprint density at radius 3 is 2.95 bits per heavy atom. The van der Waals surface area contributed by atoms with Gasteiger partial charge in [-0.15, -0.1) is 0 Å². The second kappa shape index (κ2) is 6.07. The second-order valence-electron chi connectivity index (χ2n) is 4.04. The molecule has 0 saturated carbocycles. The van der Waals surface area contributed by atoms with Gasteiger partial charge in [0, 0.05) is 18.7 Å². The summed E-state index contributed by atoms with van der Waals surface area (Å²) in [6, 6.07) is 3.82.